The Morgan fingerprint density at radius 2 is 1.58 bits per heavy atom. The molecule has 0 amide bonds. The number of methoxy groups -OCH3 is 2. The topological polar surface area (TPSA) is 109 Å². The van der Waals surface area contributed by atoms with E-state index in [0.29, 0.717) is 11.1 Å². The van der Waals surface area contributed by atoms with Gasteiger partial charge in [0.15, 0.2) is 23.0 Å². The lowest BCUT2D eigenvalue weighted by Gasteiger charge is -2.27. The third kappa shape index (κ3) is 2.50. The molecule has 126 valence electrons. The minimum Gasteiger partial charge on any atom is -0.508 e. The molecule has 0 radical (unpaired) electrons. The lowest BCUT2D eigenvalue weighted by Crippen LogP contribution is -2.22. The number of phenols is 1. The van der Waals surface area contributed by atoms with Gasteiger partial charge < -0.3 is 34.6 Å². The van der Waals surface area contributed by atoms with Crippen molar-refractivity contribution in [3.63, 3.8) is 0 Å². The fraction of sp³-hybridized carbons (Fsp3) is 0.176. The molecule has 1 aromatic rings. The second kappa shape index (κ2) is 5.77. The van der Waals surface area contributed by atoms with Gasteiger partial charge >= 0.3 is 0 Å². The summed E-state index contributed by atoms with van der Waals surface area (Å²) in [6.07, 6.45) is 3.15. The number of aliphatic hydroxyl groups is 3. The van der Waals surface area contributed by atoms with E-state index >= 15 is 0 Å². The van der Waals surface area contributed by atoms with E-state index in [1.165, 1.54) is 38.5 Å². The number of benzene rings is 1. The molecular formula is C17H16O7. The lowest BCUT2D eigenvalue weighted by molar-refractivity contribution is 0.206. The van der Waals surface area contributed by atoms with E-state index in [1.807, 2.05) is 0 Å². The molecule has 1 aromatic carbocycles. The molecule has 1 atom stereocenters. The molecule has 7 heteroatoms. The predicted octanol–water partition coefficient (Wildman–Crippen LogP) is 2.86. The molecule has 4 N–H and O–H groups in total. The van der Waals surface area contributed by atoms with Crippen LogP contribution in [0.1, 0.15) is 5.56 Å². The van der Waals surface area contributed by atoms with Gasteiger partial charge in [-0.25, -0.2) is 0 Å². The maximum absolute atomic E-state index is 10.3. The van der Waals surface area contributed by atoms with E-state index in [1.54, 1.807) is 0 Å². The van der Waals surface area contributed by atoms with Crippen LogP contribution >= 0.6 is 0 Å². The Bertz CT molecular complexity index is 789. The number of hydrogen-bond donors (Lipinski definition) is 4. The quantitative estimate of drug-likeness (QED) is 0.674. The molecule has 1 heterocycles. The molecule has 0 saturated carbocycles. The van der Waals surface area contributed by atoms with Crippen LogP contribution in [0.3, 0.4) is 0 Å². The van der Waals surface area contributed by atoms with Crippen LogP contribution in [-0.4, -0.2) is 40.7 Å². The molecule has 0 spiro atoms. The number of aromatic hydroxyl groups is 1. The molecule has 1 aliphatic heterocycles. The van der Waals surface area contributed by atoms with E-state index in [0.717, 1.165) is 6.08 Å². The zero-order valence-electron chi connectivity index (χ0n) is 13.0. The van der Waals surface area contributed by atoms with Crippen molar-refractivity contribution in [1.29, 1.82) is 0 Å². The van der Waals surface area contributed by atoms with Crippen LogP contribution in [0, 0.1) is 0 Å². The molecule has 0 aromatic heterocycles. The van der Waals surface area contributed by atoms with Crippen LogP contribution < -0.4 is 9.47 Å². The first-order chi connectivity index (χ1) is 11.4. The largest absolute Gasteiger partial charge is 0.508 e. The highest BCUT2D eigenvalue weighted by molar-refractivity contribution is 5.72. The Morgan fingerprint density at radius 3 is 2.17 bits per heavy atom. The number of allylic oxidation sites excluding steroid dienone is 2. The molecule has 2 aliphatic rings. The van der Waals surface area contributed by atoms with Gasteiger partial charge in [-0.1, -0.05) is 0 Å². The highest BCUT2D eigenvalue weighted by Crippen LogP contribution is 2.42. The fourth-order valence-corrected chi connectivity index (χ4v) is 2.56. The average Bonchev–Trinajstić information content (AvgIpc) is 2.55. The van der Waals surface area contributed by atoms with E-state index < -0.39 is 6.10 Å². The average molecular weight is 332 g/mol. The summed E-state index contributed by atoms with van der Waals surface area (Å²) in [5, 5.41) is 39.7. The van der Waals surface area contributed by atoms with Gasteiger partial charge in [-0.15, -0.1) is 0 Å². The standard InChI is InChI=1S/C17H16O7/c1-22-14-3-8(4-15(23-2)16(14)21)17-12(20)7-10-11(19)5-9(18)6-13(10)24-17/h3-7,13,18-21H,1-2H3. The molecule has 7 nitrogen and oxygen atoms in total. The maximum Gasteiger partial charge on any atom is 0.200 e. The monoisotopic (exact) mass is 332 g/mol. The number of hydrogen-bond acceptors (Lipinski definition) is 7. The summed E-state index contributed by atoms with van der Waals surface area (Å²) in [5.41, 5.74) is 0.725. The Morgan fingerprint density at radius 1 is 0.958 bits per heavy atom. The van der Waals surface area contributed by atoms with Gasteiger partial charge in [-0.05, 0) is 18.2 Å². The summed E-state index contributed by atoms with van der Waals surface area (Å²) < 4.78 is 15.9. The van der Waals surface area contributed by atoms with Crippen molar-refractivity contribution in [1.82, 2.24) is 0 Å². The third-order valence-electron chi connectivity index (χ3n) is 3.72. The van der Waals surface area contributed by atoms with Gasteiger partial charge in [0, 0.05) is 23.3 Å². The summed E-state index contributed by atoms with van der Waals surface area (Å²) in [4.78, 5) is 0. The fourth-order valence-electron chi connectivity index (χ4n) is 2.56. The Labute approximate surface area is 137 Å². The Hall–Kier alpha value is -3.22. The first kappa shape index (κ1) is 15.7. The molecule has 0 bridgehead atoms. The van der Waals surface area contributed by atoms with Gasteiger partial charge in [-0.3, -0.25) is 0 Å². The zero-order chi connectivity index (χ0) is 17.4. The van der Waals surface area contributed by atoms with E-state index in [2.05, 4.69) is 0 Å². The van der Waals surface area contributed by atoms with Crippen molar-refractivity contribution in [2.45, 2.75) is 6.10 Å². The highest BCUT2D eigenvalue weighted by atomic mass is 16.5. The van der Waals surface area contributed by atoms with Gasteiger partial charge in [0.05, 0.1) is 14.2 Å². The predicted molar refractivity (Wildman–Crippen MR) is 85.1 cm³/mol. The number of aliphatic hydroxyl groups excluding tert-OH is 3. The van der Waals surface area contributed by atoms with Gasteiger partial charge in [-0.2, -0.15) is 0 Å². The zero-order valence-corrected chi connectivity index (χ0v) is 13.0. The molecule has 1 aliphatic carbocycles. The highest BCUT2D eigenvalue weighted by Gasteiger charge is 2.30. The van der Waals surface area contributed by atoms with Crippen molar-refractivity contribution in [2.75, 3.05) is 14.2 Å². The summed E-state index contributed by atoms with van der Waals surface area (Å²) in [6, 6.07) is 2.95. The van der Waals surface area contributed by atoms with Crippen molar-refractivity contribution in [3.05, 3.63) is 58.8 Å². The maximum atomic E-state index is 10.3. The number of fused-ring (bicyclic) bond motifs is 1. The van der Waals surface area contributed by atoms with Crippen LogP contribution in [-0.2, 0) is 4.74 Å². The van der Waals surface area contributed by atoms with E-state index in [9.17, 15) is 20.4 Å². The van der Waals surface area contributed by atoms with Crippen molar-refractivity contribution >= 4 is 5.76 Å². The molecule has 0 saturated heterocycles. The summed E-state index contributed by atoms with van der Waals surface area (Å²) in [5.74, 6) is -0.333. The Kier molecular flexibility index (Phi) is 3.76. The van der Waals surface area contributed by atoms with E-state index in [4.69, 9.17) is 14.2 Å². The molecule has 1 unspecified atom stereocenters. The van der Waals surface area contributed by atoms with Crippen LogP contribution in [0.4, 0.5) is 0 Å². The first-order valence-corrected chi connectivity index (χ1v) is 7.03. The summed E-state index contributed by atoms with van der Waals surface area (Å²) >= 11 is 0. The molecule has 24 heavy (non-hydrogen) atoms. The van der Waals surface area contributed by atoms with Crippen molar-refractivity contribution < 1.29 is 34.6 Å². The van der Waals surface area contributed by atoms with Crippen LogP contribution in [0.15, 0.2) is 53.2 Å². The van der Waals surface area contributed by atoms with Gasteiger partial charge in [0.25, 0.3) is 0 Å². The first-order valence-electron chi connectivity index (χ1n) is 7.03. The third-order valence-corrected chi connectivity index (χ3v) is 3.72. The number of phenolic OH excluding ortho intramolecular Hbond substituents is 1. The smallest absolute Gasteiger partial charge is 0.200 e. The number of rotatable bonds is 3. The second-order valence-corrected chi connectivity index (χ2v) is 5.20. The van der Waals surface area contributed by atoms with Crippen LogP contribution in [0.2, 0.25) is 0 Å². The van der Waals surface area contributed by atoms with E-state index in [-0.39, 0.29) is 40.3 Å². The second-order valence-electron chi connectivity index (χ2n) is 5.20. The Balaban J connectivity index is 2.10. The lowest BCUT2D eigenvalue weighted by atomic mass is 9.97. The summed E-state index contributed by atoms with van der Waals surface area (Å²) in [7, 11) is 2.77. The SMILES string of the molecule is COc1cc(C2=C(O)C=C3C(O)=CC(O)=CC3O2)cc(OC)c1O. The van der Waals surface area contributed by atoms with Gasteiger partial charge in [0.1, 0.15) is 17.6 Å². The van der Waals surface area contributed by atoms with Gasteiger partial charge in [0.2, 0.25) is 5.75 Å². The summed E-state index contributed by atoms with van der Waals surface area (Å²) in [6.45, 7) is 0. The molecule has 3 rings (SSSR count). The van der Waals surface area contributed by atoms with Crippen LogP contribution in [0.25, 0.3) is 5.76 Å². The normalized spacial score (nSPS) is 19.6. The van der Waals surface area contributed by atoms with Crippen LogP contribution in [0.5, 0.6) is 17.2 Å². The minimum absolute atomic E-state index is 0.0964. The molecule has 0 fully saturated rings. The van der Waals surface area contributed by atoms with Crippen molar-refractivity contribution in [2.24, 2.45) is 0 Å². The van der Waals surface area contributed by atoms with Crippen molar-refractivity contribution in [3.8, 4) is 17.2 Å². The molecular weight excluding hydrogens is 316 g/mol. The number of ether oxygens (including phenoxy) is 3. The minimum atomic E-state index is -0.758.